The van der Waals surface area contributed by atoms with Crippen molar-refractivity contribution in [3.63, 3.8) is 0 Å². The molecule has 8 nitrogen and oxygen atoms in total. The zero-order valence-corrected chi connectivity index (χ0v) is 16.3. The number of non-ortho nitro benzene ring substituents is 1. The molecule has 0 fully saturated rings. The first-order chi connectivity index (χ1) is 12.8. The molecule has 1 N–H and O–H groups in total. The molecule has 0 aliphatic heterocycles. The van der Waals surface area contributed by atoms with E-state index in [1.165, 1.54) is 29.5 Å². The average Bonchev–Trinajstić information content (AvgIpc) is 3.25. The number of hydrogen-bond donors (Lipinski definition) is 1. The first-order valence-corrected chi connectivity index (χ1v) is 10.4. The smallest absolute Gasteiger partial charge is 0.260 e. The van der Waals surface area contributed by atoms with Gasteiger partial charge in [-0.2, -0.15) is 5.10 Å². The molecule has 1 atom stereocenters. The van der Waals surface area contributed by atoms with E-state index in [2.05, 4.69) is 9.82 Å². The van der Waals surface area contributed by atoms with Gasteiger partial charge in [0.15, 0.2) is 0 Å². The molecule has 1 unspecified atom stereocenters. The molecule has 1 aromatic carbocycles. The van der Waals surface area contributed by atoms with Gasteiger partial charge in [-0.25, -0.2) is 13.1 Å². The Morgan fingerprint density at radius 3 is 2.63 bits per heavy atom. The van der Waals surface area contributed by atoms with Crippen molar-refractivity contribution in [1.29, 1.82) is 0 Å². The standard InChI is InChI=1S/C17H18N4O4S2/c1-12-9-13(2)20(19-12)16(17-7-4-8-26-17)11-18-27(24,25)15-6-3-5-14(10-15)21(22)23/h3-10,16,18H,11H2,1-2H3. The molecule has 27 heavy (non-hydrogen) atoms. The number of aryl methyl sites for hydroxylation is 2. The van der Waals surface area contributed by atoms with Crippen LogP contribution >= 0.6 is 11.3 Å². The van der Waals surface area contributed by atoms with Crippen LogP contribution in [-0.4, -0.2) is 29.7 Å². The Bertz CT molecular complexity index is 1060. The highest BCUT2D eigenvalue weighted by atomic mass is 32.2. The molecule has 142 valence electrons. The summed E-state index contributed by atoms with van der Waals surface area (Å²) in [5.41, 5.74) is 1.49. The predicted molar refractivity (Wildman–Crippen MR) is 102 cm³/mol. The second-order valence-corrected chi connectivity index (χ2v) is 8.76. The summed E-state index contributed by atoms with van der Waals surface area (Å²) in [6.07, 6.45) is 0. The zero-order valence-electron chi connectivity index (χ0n) is 14.7. The third kappa shape index (κ3) is 4.24. The van der Waals surface area contributed by atoms with Gasteiger partial charge >= 0.3 is 0 Å². The van der Waals surface area contributed by atoms with E-state index in [-0.39, 0.29) is 23.2 Å². The minimum absolute atomic E-state index is 0.0769. The van der Waals surface area contributed by atoms with Crippen LogP contribution in [-0.2, 0) is 10.0 Å². The number of rotatable bonds is 7. The van der Waals surface area contributed by atoms with Crippen molar-refractivity contribution < 1.29 is 13.3 Å². The number of hydrogen-bond acceptors (Lipinski definition) is 6. The van der Waals surface area contributed by atoms with Crippen molar-refractivity contribution in [2.45, 2.75) is 24.8 Å². The fourth-order valence-corrected chi connectivity index (χ4v) is 4.68. The number of sulfonamides is 1. The lowest BCUT2D eigenvalue weighted by Gasteiger charge is -2.19. The summed E-state index contributed by atoms with van der Waals surface area (Å²) < 4.78 is 29.6. The summed E-state index contributed by atoms with van der Waals surface area (Å²) >= 11 is 1.51. The minimum atomic E-state index is -3.91. The van der Waals surface area contributed by atoms with Crippen LogP contribution in [0.4, 0.5) is 5.69 Å². The van der Waals surface area contributed by atoms with Gasteiger partial charge in [-0.1, -0.05) is 12.1 Å². The van der Waals surface area contributed by atoms with Crippen molar-refractivity contribution in [1.82, 2.24) is 14.5 Å². The number of nitrogens with zero attached hydrogens (tertiary/aromatic N) is 3. The largest absolute Gasteiger partial charge is 0.270 e. The quantitative estimate of drug-likeness (QED) is 0.479. The highest BCUT2D eigenvalue weighted by Gasteiger charge is 2.23. The highest BCUT2D eigenvalue weighted by Crippen LogP contribution is 2.25. The number of thiophene rings is 1. The fraction of sp³-hybridized carbons (Fsp3) is 0.235. The van der Waals surface area contributed by atoms with Gasteiger partial charge in [-0.3, -0.25) is 14.8 Å². The Hall–Kier alpha value is -2.56. The van der Waals surface area contributed by atoms with E-state index in [4.69, 9.17) is 0 Å². The molecule has 0 radical (unpaired) electrons. The molecule has 0 bridgehead atoms. The zero-order chi connectivity index (χ0) is 19.6. The van der Waals surface area contributed by atoms with Gasteiger partial charge in [-0.15, -0.1) is 11.3 Å². The molecule has 10 heteroatoms. The van der Waals surface area contributed by atoms with Crippen molar-refractivity contribution in [2.24, 2.45) is 0 Å². The van der Waals surface area contributed by atoms with Gasteiger partial charge in [0.1, 0.15) is 0 Å². The number of nitro benzene ring substituents is 1. The van der Waals surface area contributed by atoms with Gasteiger partial charge in [0.25, 0.3) is 5.69 Å². The number of nitro groups is 1. The predicted octanol–water partition coefficient (Wildman–Crippen LogP) is 3.04. The van der Waals surface area contributed by atoms with Crippen LogP contribution in [0.2, 0.25) is 0 Å². The lowest BCUT2D eigenvalue weighted by molar-refractivity contribution is -0.385. The maximum atomic E-state index is 12.6. The van der Waals surface area contributed by atoms with Crippen LogP contribution in [0, 0.1) is 24.0 Å². The molecular formula is C17H18N4O4S2. The monoisotopic (exact) mass is 406 g/mol. The molecule has 2 heterocycles. The minimum Gasteiger partial charge on any atom is -0.260 e. The van der Waals surface area contributed by atoms with Gasteiger partial charge in [-0.05, 0) is 37.4 Å². The third-order valence-electron chi connectivity index (χ3n) is 4.02. The maximum Gasteiger partial charge on any atom is 0.270 e. The SMILES string of the molecule is Cc1cc(C)n(C(CNS(=O)(=O)c2cccc([N+](=O)[O-])c2)c2cccs2)n1. The van der Waals surface area contributed by atoms with Crippen LogP contribution < -0.4 is 4.72 Å². The van der Waals surface area contributed by atoms with Crippen molar-refractivity contribution in [3.05, 3.63) is 74.2 Å². The molecular weight excluding hydrogens is 388 g/mol. The second kappa shape index (κ2) is 7.59. The highest BCUT2D eigenvalue weighted by molar-refractivity contribution is 7.89. The Balaban J connectivity index is 1.88. The molecule has 0 aliphatic rings. The molecule has 2 aromatic heterocycles. The first kappa shape index (κ1) is 19.2. The third-order valence-corrected chi connectivity index (χ3v) is 6.41. The second-order valence-electron chi connectivity index (χ2n) is 6.01. The van der Waals surface area contributed by atoms with Gasteiger partial charge in [0.2, 0.25) is 10.0 Å². The summed E-state index contributed by atoms with van der Waals surface area (Å²) in [6, 6.07) is 10.4. The first-order valence-electron chi connectivity index (χ1n) is 8.08. The van der Waals surface area contributed by atoms with E-state index in [1.807, 2.05) is 37.4 Å². The number of aromatic nitrogens is 2. The lowest BCUT2D eigenvalue weighted by atomic mass is 10.2. The average molecular weight is 406 g/mol. The Kier molecular flexibility index (Phi) is 5.40. The molecule has 0 saturated heterocycles. The summed E-state index contributed by atoms with van der Waals surface area (Å²) in [7, 11) is -3.91. The van der Waals surface area contributed by atoms with E-state index >= 15 is 0 Å². The normalized spacial score (nSPS) is 12.8. The summed E-state index contributed by atoms with van der Waals surface area (Å²) in [6.45, 7) is 3.87. The van der Waals surface area contributed by atoms with Gasteiger partial charge in [0.05, 0.1) is 21.6 Å². The van der Waals surface area contributed by atoms with Crippen molar-refractivity contribution >= 4 is 27.0 Å². The van der Waals surface area contributed by atoms with E-state index in [0.717, 1.165) is 22.3 Å². The maximum absolute atomic E-state index is 12.6. The molecule has 0 amide bonds. The molecule has 0 spiro atoms. The molecule has 0 aliphatic carbocycles. The number of nitrogens with one attached hydrogen (secondary N) is 1. The molecule has 0 saturated carbocycles. The fourth-order valence-electron chi connectivity index (χ4n) is 2.79. The lowest BCUT2D eigenvalue weighted by Crippen LogP contribution is -2.32. The van der Waals surface area contributed by atoms with E-state index in [1.54, 1.807) is 4.68 Å². The van der Waals surface area contributed by atoms with Gasteiger partial charge in [0, 0.05) is 29.2 Å². The molecule has 3 rings (SSSR count). The van der Waals surface area contributed by atoms with Gasteiger partial charge < -0.3 is 0 Å². The Morgan fingerprint density at radius 2 is 2.04 bits per heavy atom. The molecule has 3 aromatic rings. The number of benzene rings is 1. The van der Waals surface area contributed by atoms with Crippen LogP contribution in [0.3, 0.4) is 0 Å². The van der Waals surface area contributed by atoms with Crippen LogP contribution in [0.25, 0.3) is 0 Å². The summed E-state index contributed by atoms with van der Waals surface area (Å²) in [5, 5.41) is 17.3. The van der Waals surface area contributed by atoms with Crippen LogP contribution in [0.15, 0.2) is 52.7 Å². The van der Waals surface area contributed by atoms with Crippen LogP contribution in [0.5, 0.6) is 0 Å². The summed E-state index contributed by atoms with van der Waals surface area (Å²) in [4.78, 5) is 11.1. The van der Waals surface area contributed by atoms with E-state index in [9.17, 15) is 18.5 Å². The van der Waals surface area contributed by atoms with Crippen molar-refractivity contribution in [3.8, 4) is 0 Å². The van der Waals surface area contributed by atoms with Crippen LogP contribution in [0.1, 0.15) is 22.3 Å². The summed E-state index contributed by atoms with van der Waals surface area (Å²) in [5.74, 6) is 0. The van der Waals surface area contributed by atoms with E-state index in [0.29, 0.717) is 0 Å². The topological polar surface area (TPSA) is 107 Å². The Labute approximate surface area is 160 Å². The van der Waals surface area contributed by atoms with E-state index < -0.39 is 14.9 Å². The van der Waals surface area contributed by atoms with Crippen molar-refractivity contribution in [2.75, 3.05) is 6.54 Å². The Morgan fingerprint density at radius 1 is 1.26 bits per heavy atom.